The summed E-state index contributed by atoms with van der Waals surface area (Å²) in [4.78, 5) is 23.6. The second kappa shape index (κ2) is 8.46. The fraction of sp³-hybridized carbons (Fsp3) is 0.0455. The molecule has 1 amide bonds. The molecule has 0 unspecified atom stereocenters. The van der Waals surface area contributed by atoms with Gasteiger partial charge in [0.25, 0.3) is 5.91 Å². The topological polar surface area (TPSA) is 103 Å². The molecular weight excluding hydrogens is 392 g/mol. The molecule has 1 aromatic heterocycles. The minimum atomic E-state index is -1.04. The number of furan rings is 1. The zero-order valence-electron chi connectivity index (χ0n) is 15.3. The summed E-state index contributed by atoms with van der Waals surface area (Å²) in [5, 5.41) is 21.6. The molecule has 0 aliphatic rings. The third kappa shape index (κ3) is 4.72. The number of hydrogen-bond acceptors (Lipinski definition) is 4. The van der Waals surface area contributed by atoms with Gasteiger partial charge in [-0.3, -0.25) is 4.79 Å². The van der Waals surface area contributed by atoms with Crippen LogP contribution in [0.3, 0.4) is 0 Å². The molecule has 0 bridgehead atoms. The lowest BCUT2D eigenvalue weighted by Crippen LogP contribution is -2.13. The van der Waals surface area contributed by atoms with Gasteiger partial charge in [-0.05, 0) is 55.0 Å². The van der Waals surface area contributed by atoms with Gasteiger partial charge in [-0.1, -0.05) is 23.7 Å². The number of benzene rings is 2. The standard InChI is InChI=1S/C22H15ClN2O4/c1-13-5-6-14(22(27)28)10-19(13)20-8-7-18(29-20)9-15(12-24)21(26)25-17-4-2-3-16(23)11-17/h2-11H,1H3,(H,25,26)(H,27,28). The molecule has 2 aromatic carbocycles. The Morgan fingerprint density at radius 2 is 1.97 bits per heavy atom. The van der Waals surface area contributed by atoms with E-state index < -0.39 is 11.9 Å². The maximum atomic E-state index is 12.4. The van der Waals surface area contributed by atoms with Crippen molar-refractivity contribution in [2.45, 2.75) is 6.92 Å². The summed E-state index contributed by atoms with van der Waals surface area (Å²) in [7, 11) is 0. The van der Waals surface area contributed by atoms with Crippen molar-refractivity contribution in [3.05, 3.63) is 82.1 Å². The number of carboxylic acids is 1. The van der Waals surface area contributed by atoms with Crippen LogP contribution in [0.5, 0.6) is 0 Å². The van der Waals surface area contributed by atoms with Crippen molar-refractivity contribution in [2.75, 3.05) is 5.32 Å². The Labute approximate surface area is 171 Å². The highest BCUT2D eigenvalue weighted by Crippen LogP contribution is 2.28. The Balaban J connectivity index is 1.86. The first-order valence-electron chi connectivity index (χ1n) is 8.50. The summed E-state index contributed by atoms with van der Waals surface area (Å²) in [6, 6.07) is 16.4. The van der Waals surface area contributed by atoms with Gasteiger partial charge in [0.1, 0.15) is 23.2 Å². The Bertz CT molecular complexity index is 1170. The van der Waals surface area contributed by atoms with Crippen molar-refractivity contribution in [1.82, 2.24) is 0 Å². The fourth-order valence-corrected chi connectivity index (χ4v) is 2.84. The summed E-state index contributed by atoms with van der Waals surface area (Å²) in [5.41, 5.74) is 1.90. The Kier molecular flexibility index (Phi) is 5.82. The number of nitrogens with one attached hydrogen (secondary N) is 1. The highest BCUT2D eigenvalue weighted by atomic mass is 35.5. The number of amides is 1. The minimum absolute atomic E-state index is 0.137. The smallest absolute Gasteiger partial charge is 0.335 e. The van der Waals surface area contributed by atoms with E-state index in [-0.39, 0.29) is 16.9 Å². The molecule has 1 heterocycles. The van der Waals surface area contributed by atoms with Crippen LogP contribution >= 0.6 is 11.6 Å². The molecule has 0 saturated heterocycles. The second-order valence-electron chi connectivity index (χ2n) is 6.17. The van der Waals surface area contributed by atoms with Gasteiger partial charge in [-0.15, -0.1) is 0 Å². The number of aromatic carboxylic acids is 1. The predicted octanol–water partition coefficient (Wildman–Crippen LogP) is 5.15. The van der Waals surface area contributed by atoms with Gasteiger partial charge in [-0.25, -0.2) is 4.79 Å². The van der Waals surface area contributed by atoms with Crippen LogP contribution in [0.2, 0.25) is 5.02 Å². The average Bonchev–Trinajstić information content (AvgIpc) is 3.14. The van der Waals surface area contributed by atoms with Crippen LogP contribution in [-0.4, -0.2) is 17.0 Å². The Hall–Kier alpha value is -3.82. The number of anilines is 1. The number of halogens is 1. The normalized spacial score (nSPS) is 11.0. The molecule has 2 N–H and O–H groups in total. The highest BCUT2D eigenvalue weighted by Gasteiger charge is 2.14. The van der Waals surface area contributed by atoms with Crippen LogP contribution in [0, 0.1) is 18.3 Å². The van der Waals surface area contributed by atoms with E-state index in [4.69, 9.17) is 16.0 Å². The quantitative estimate of drug-likeness (QED) is 0.450. The van der Waals surface area contributed by atoms with Crippen molar-refractivity contribution < 1.29 is 19.1 Å². The number of carboxylic acid groups (broad SMARTS) is 1. The molecule has 0 fully saturated rings. The Morgan fingerprint density at radius 1 is 1.17 bits per heavy atom. The van der Waals surface area contributed by atoms with Crippen molar-refractivity contribution in [3.63, 3.8) is 0 Å². The molecule has 0 atom stereocenters. The van der Waals surface area contributed by atoms with Gasteiger partial charge in [0.05, 0.1) is 5.56 Å². The molecule has 29 heavy (non-hydrogen) atoms. The third-order valence-electron chi connectivity index (χ3n) is 4.11. The SMILES string of the molecule is Cc1ccc(C(=O)O)cc1-c1ccc(C=C(C#N)C(=O)Nc2cccc(Cl)c2)o1. The van der Waals surface area contributed by atoms with Crippen LogP contribution in [0.4, 0.5) is 5.69 Å². The molecule has 7 heteroatoms. The van der Waals surface area contributed by atoms with Crippen LogP contribution in [0.25, 0.3) is 17.4 Å². The van der Waals surface area contributed by atoms with Crippen molar-refractivity contribution >= 4 is 35.2 Å². The van der Waals surface area contributed by atoms with E-state index in [1.807, 2.05) is 13.0 Å². The van der Waals surface area contributed by atoms with Crippen LogP contribution < -0.4 is 5.32 Å². The predicted molar refractivity (Wildman–Crippen MR) is 110 cm³/mol. The first kappa shape index (κ1) is 19.9. The Morgan fingerprint density at radius 3 is 2.66 bits per heavy atom. The van der Waals surface area contributed by atoms with Crippen molar-refractivity contribution in [2.24, 2.45) is 0 Å². The molecule has 0 spiro atoms. The fourth-order valence-electron chi connectivity index (χ4n) is 2.65. The minimum Gasteiger partial charge on any atom is -0.478 e. The van der Waals surface area contributed by atoms with Crippen molar-refractivity contribution in [1.29, 1.82) is 5.26 Å². The summed E-state index contributed by atoms with van der Waals surface area (Å²) in [5.74, 6) is -0.915. The lowest BCUT2D eigenvalue weighted by Gasteiger charge is -2.05. The number of aryl methyl sites for hydroxylation is 1. The van der Waals surface area contributed by atoms with E-state index in [0.717, 1.165) is 5.56 Å². The van der Waals surface area contributed by atoms with E-state index in [1.165, 1.54) is 18.2 Å². The van der Waals surface area contributed by atoms with Crippen LogP contribution in [0.15, 0.2) is 64.6 Å². The van der Waals surface area contributed by atoms with Gasteiger partial charge in [0, 0.05) is 22.3 Å². The van der Waals surface area contributed by atoms with E-state index >= 15 is 0 Å². The molecule has 6 nitrogen and oxygen atoms in total. The number of rotatable bonds is 5. The summed E-state index contributed by atoms with van der Waals surface area (Å²) < 4.78 is 5.72. The van der Waals surface area contributed by atoms with Gasteiger partial charge in [-0.2, -0.15) is 5.26 Å². The zero-order chi connectivity index (χ0) is 21.0. The number of hydrogen-bond donors (Lipinski definition) is 2. The average molecular weight is 407 g/mol. The number of carbonyl (C=O) groups is 2. The molecule has 0 saturated carbocycles. The maximum Gasteiger partial charge on any atom is 0.335 e. The van der Waals surface area contributed by atoms with Gasteiger partial charge >= 0.3 is 5.97 Å². The summed E-state index contributed by atoms with van der Waals surface area (Å²) >= 11 is 5.89. The molecule has 3 aromatic rings. The van der Waals surface area contributed by atoms with Gasteiger partial charge < -0.3 is 14.8 Å². The third-order valence-corrected chi connectivity index (χ3v) is 4.35. The molecule has 3 rings (SSSR count). The number of nitrogens with zero attached hydrogens (tertiary/aromatic N) is 1. The van der Waals surface area contributed by atoms with E-state index in [0.29, 0.717) is 22.0 Å². The molecule has 0 radical (unpaired) electrons. The zero-order valence-corrected chi connectivity index (χ0v) is 16.0. The van der Waals surface area contributed by atoms with Gasteiger partial charge in [0.15, 0.2) is 0 Å². The summed E-state index contributed by atoms with van der Waals surface area (Å²) in [6.07, 6.45) is 1.32. The first-order valence-corrected chi connectivity index (χ1v) is 8.88. The maximum absolute atomic E-state index is 12.4. The van der Waals surface area contributed by atoms with Crippen molar-refractivity contribution in [3.8, 4) is 17.4 Å². The van der Waals surface area contributed by atoms with E-state index in [9.17, 15) is 20.0 Å². The van der Waals surface area contributed by atoms with E-state index in [2.05, 4.69) is 5.32 Å². The number of nitriles is 1. The second-order valence-corrected chi connectivity index (χ2v) is 6.61. The van der Waals surface area contributed by atoms with Gasteiger partial charge in [0.2, 0.25) is 0 Å². The van der Waals surface area contributed by atoms with E-state index in [1.54, 1.807) is 42.5 Å². The monoisotopic (exact) mass is 406 g/mol. The molecule has 144 valence electrons. The summed E-state index contributed by atoms with van der Waals surface area (Å²) in [6.45, 7) is 1.83. The largest absolute Gasteiger partial charge is 0.478 e. The van der Waals surface area contributed by atoms with Crippen LogP contribution in [-0.2, 0) is 4.79 Å². The van der Waals surface area contributed by atoms with Crippen LogP contribution in [0.1, 0.15) is 21.7 Å². The lowest BCUT2D eigenvalue weighted by molar-refractivity contribution is -0.112. The number of carbonyl (C=O) groups excluding carboxylic acids is 1. The molecule has 0 aliphatic carbocycles. The lowest BCUT2D eigenvalue weighted by atomic mass is 10.0. The highest BCUT2D eigenvalue weighted by molar-refractivity contribution is 6.31. The first-order chi connectivity index (χ1) is 13.9. The molecule has 0 aliphatic heterocycles. The molecular formula is C22H15ClN2O4.